The van der Waals surface area contributed by atoms with Crippen molar-refractivity contribution in [1.82, 2.24) is 0 Å². The predicted octanol–water partition coefficient (Wildman–Crippen LogP) is 2.16. The quantitative estimate of drug-likeness (QED) is 0.728. The Kier molecular flexibility index (Phi) is 3.74. The molecule has 3 N–H and O–H groups in total. The van der Waals surface area contributed by atoms with Gasteiger partial charge in [0.25, 0.3) is 0 Å². The molecule has 1 aliphatic carbocycles. The fraction of sp³-hybridized carbons (Fsp3) is 0.200. The lowest BCUT2D eigenvalue weighted by Gasteiger charge is -2.21. The van der Waals surface area contributed by atoms with Crippen molar-refractivity contribution in [1.29, 1.82) is 0 Å². The minimum Gasteiger partial charge on any atom is -0.508 e. The highest BCUT2D eigenvalue weighted by Crippen LogP contribution is 2.25. The molecule has 0 unspecified atom stereocenters. The minimum absolute atomic E-state index is 0.0454. The number of rotatable bonds is 3. The molecule has 4 nitrogen and oxygen atoms in total. The van der Waals surface area contributed by atoms with E-state index < -0.39 is 5.79 Å². The number of hydrogen-bond donors (Lipinski definition) is 3. The van der Waals surface area contributed by atoms with Crippen molar-refractivity contribution in [3.8, 4) is 5.75 Å². The summed E-state index contributed by atoms with van der Waals surface area (Å²) in [6, 6.07) is 7.46. The number of ether oxygens (including phenoxy) is 1. The topological polar surface area (TPSA) is 69.9 Å². The molecule has 19 heavy (non-hydrogen) atoms. The molecule has 0 saturated heterocycles. The first-order valence-corrected chi connectivity index (χ1v) is 5.88. The van der Waals surface area contributed by atoms with Gasteiger partial charge in [0.1, 0.15) is 11.5 Å². The van der Waals surface area contributed by atoms with Crippen LogP contribution in [0.25, 0.3) is 6.08 Å². The zero-order chi connectivity index (χ0) is 13.9. The zero-order valence-electron chi connectivity index (χ0n) is 10.6. The van der Waals surface area contributed by atoms with Crippen LogP contribution < -0.4 is 4.74 Å². The van der Waals surface area contributed by atoms with Crippen molar-refractivity contribution in [3.05, 3.63) is 59.4 Å². The first kappa shape index (κ1) is 13.4. The van der Waals surface area contributed by atoms with Crippen LogP contribution in [0.2, 0.25) is 0 Å². The van der Waals surface area contributed by atoms with Crippen molar-refractivity contribution in [2.45, 2.75) is 12.2 Å². The van der Waals surface area contributed by atoms with E-state index in [1.165, 1.54) is 6.08 Å². The summed E-state index contributed by atoms with van der Waals surface area (Å²) in [7, 11) is 1.61. The van der Waals surface area contributed by atoms with E-state index in [9.17, 15) is 15.3 Å². The van der Waals surface area contributed by atoms with E-state index in [4.69, 9.17) is 4.74 Å². The third kappa shape index (κ3) is 3.71. The van der Waals surface area contributed by atoms with Crippen LogP contribution in [0.5, 0.6) is 5.75 Å². The van der Waals surface area contributed by atoms with Crippen LogP contribution in [-0.4, -0.2) is 28.2 Å². The molecular formula is C15H16O4. The summed E-state index contributed by atoms with van der Waals surface area (Å²) in [5.74, 6) is -1.36. The van der Waals surface area contributed by atoms with Crippen LogP contribution >= 0.6 is 0 Å². The van der Waals surface area contributed by atoms with Gasteiger partial charge in [0, 0.05) is 12.5 Å². The fourth-order valence-corrected chi connectivity index (χ4v) is 1.90. The number of aliphatic hydroxyl groups is 3. The molecule has 0 atom stereocenters. The highest BCUT2D eigenvalue weighted by molar-refractivity contribution is 5.55. The predicted molar refractivity (Wildman–Crippen MR) is 72.6 cm³/mol. The van der Waals surface area contributed by atoms with Gasteiger partial charge in [0.2, 0.25) is 0 Å². The average Bonchev–Trinajstić information content (AvgIpc) is 2.34. The lowest BCUT2D eigenvalue weighted by molar-refractivity contribution is -0.118. The molecule has 100 valence electrons. The van der Waals surface area contributed by atoms with Gasteiger partial charge in [-0.1, -0.05) is 24.3 Å². The largest absolute Gasteiger partial charge is 0.508 e. The highest BCUT2D eigenvalue weighted by Gasteiger charge is 2.25. The highest BCUT2D eigenvalue weighted by atomic mass is 16.5. The zero-order valence-corrected chi connectivity index (χ0v) is 10.6. The second-order valence-corrected chi connectivity index (χ2v) is 4.45. The van der Waals surface area contributed by atoms with Gasteiger partial charge in [-0.3, -0.25) is 0 Å². The molecule has 0 bridgehead atoms. The first-order valence-electron chi connectivity index (χ1n) is 5.88. The monoisotopic (exact) mass is 260 g/mol. The smallest absolute Gasteiger partial charge is 0.190 e. The number of methoxy groups -OCH3 is 1. The van der Waals surface area contributed by atoms with Crippen molar-refractivity contribution >= 4 is 6.08 Å². The van der Waals surface area contributed by atoms with Gasteiger partial charge in [-0.2, -0.15) is 0 Å². The summed E-state index contributed by atoms with van der Waals surface area (Å²) in [6.45, 7) is 0. The summed E-state index contributed by atoms with van der Waals surface area (Å²) in [4.78, 5) is 0. The lowest BCUT2D eigenvalue weighted by Crippen LogP contribution is -2.28. The van der Waals surface area contributed by atoms with Crippen molar-refractivity contribution < 1.29 is 20.1 Å². The molecule has 2 rings (SSSR count). The van der Waals surface area contributed by atoms with Gasteiger partial charge in [0.15, 0.2) is 5.79 Å². The molecule has 0 saturated carbocycles. The number of benzene rings is 1. The van der Waals surface area contributed by atoms with Gasteiger partial charge >= 0.3 is 0 Å². The Morgan fingerprint density at radius 3 is 2.42 bits per heavy atom. The Morgan fingerprint density at radius 2 is 1.84 bits per heavy atom. The van der Waals surface area contributed by atoms with Crippen molar-refractivity contribution in [2.75, 3.05) is 7.11 Å². The van der Waals surface area contributed by atoms with E-state index in [2.05, 4.69) is 0 Å². The van der Waals surface area contributed by atoms with Gasteiger partial charge in [-0.25, -0.2) is 0 Å². The van der Waals surface area contributed by atoms with E-state index in [-0.39, 0.29) is 12.2 Å². The normalized spacial score (nSPS) is 18.1. The molecule has 0 amide bonds. The molecule has 1 aliphatic rings. The van der Waals surface area contributed by atoms with E-state index in [1.807, 2.05) is 30.3 Å². The third-order valence-electron chi connectivity index (χ3n) is 2.78. The molecule has 0 aromatic heterocycles. The summed E-state index contributed by atoms with van der Waals surface area (Å²) in [6.07, 6.45) is 6.14. The molecular weight excluding hydrogens is 244 g/mol. The molecule has 1 aromatic carbocycles. The maximum atomic E-state index is 9.51. The Balaban J connectivity index is 2.12. The summed E-state index contributed by atoms with van der Waals surface area (Å²) in [5, 5.41) is 28.4. The second-order valence-electron chi connectivity index (χ2n) is 4.45. The van der Waals surface area contributed by atoms with Crippen LogP contribution in [0.1, 0.15) is 12.0 Å². The Bertz CT molecular complexity index is 536. The van der Waals surface area contributed by atoms with E-state index >= 15 is 0 Å². The molecule has 0 fully saturated rings. The van der Waals surface area contributed by atoms with Crippen LogP contribution in [0.4, 0.5) is 0 Å². The van der Waals surface area contributed by atoms with Gasteiger partial charge < -0.3 is 20.1 Å². The van der Waals surface area contributed by atoms with Gasteiger partial charge in [-0.15, -0.1) is 0 Å². The third-order valence-corrected chi connectivity index (χ3v) is 2.78. The Hall–Kier alpha value is -2.04. The summed E-state index contributed by atoms with van der Waals surface area (Å²) >= 11 is 0. The number of aliphatic hydroxyl groups excluding tert-OH is 1. The second kappa shape index (κ2) is 5.30. The van der Waals surface area contributed by atoms with Crippen molar-refractivity contribution in [2.24, 2.45) is 0 Å². The van der Waals surface area contributed by atoms with E-state index in [1.54, 1.807) is 13.2 Å². The lowest BCUT2D eigenvalue weighted by atomic mass is 9.97. The van der Waals surface area contributed by atoms with Gasteiger partial charge in [0.05, 0.1) is 7.11 Å². The fourth-order valence-electron chi connectivity index (χ4n) is 1.90. The van der Waals surface area contributed by atoms with Crippen LogP contribution in [-0.2, 0) is 0 Å². The SMILES string of the molecule is COc1ccc(C=CC2=CC(O)=CC(O)(O)C2)cc1. The van der Waals surface area contributed by atoms with Crippen molar-refractivity contribution in [3.63, 3.8) is 0 Å². The molecule has 0 aliphatic heterocycles. The first-order chi connectivity index (χ1) is 8.98. The Labute approximate surface area is 111 Å². The molecule has 0 spiro atoms. The maximum Gasteiger partial charge on any atom is 0.190 e. The molecule has 0 radical (unpaired) electrons. The van der Waals surface area contributed by atoms with Crippen LogP contribution in [0, 0.1) is 0 Å². The van der Waals surface area contributed by atoms with Crippen LogP contribution in [0.15, 0.2) is 53.8 Å². The minimum atomic E-state index is -1.99. The molecule has 0 heterocycles. The molecule has 4 heteroatoms. The van der Waals surface area contributed by atoms with E-state index in [0.717, 1.165) is 17.4 Å². The van der Waals surface area contributed by atoms with Gasteiger partial charge in [-0.05, 0) is 29.3 Å². The molecule has 1 aromatic rings. The summed E-state index contributed by atoms with van der Waals surface area (Å²) < 4.78 is 5.06. The standard InChI is InChI=1S/C15H16O4/c1-19-14-6-4-11(5-7-14)2-3-12-8-13(16)10-15(17,18)9-12/h2-8,10,16-18H,9H2,1H3. The Morgan fingerprint density at radius 1 is 1.16 bits per heavy atom. The van der Waals surface area contributed by atoms with E-state index in [0.29, 0.717) is 5.57 Å². The van der Waals surface area contributed by atoms with Crippen LogP contribution in [0.3, 0.4) is 0 Å². The number of allylic oxidation sites excluding steroid dienone is 2. The average molecular weight is 260 g/mol. The summed E-state index contributed by atoms with van der Waals surface area (Å²) in [5.41, 5.74) is 1.60. The number of hydrogen-bond acceptors (Lipinski definition) is 4. The maximum absolute atomic E-state index is 9.51.